The third kappa shape index (κ3) is 4.68. The molecule has 1 aromatic heterocycles. The summed E-state index contributed by atoms with van der Waals surface area (Å²) in [6.07, 6.45) is 1.10. The zero-order chi connectivity index (χ0) is 22.0. The van der Waals surface area contributed by atoms with Crippen molar-refractivity contribution in [2.75, 3.05) is 19.7 Å². The van der Waals surface area contributed by atoms with Gasteiger partial charge in [-0.25, -0.2) is 9.78 Å². The van der Waals surface area contributed by atoms with Gasteiger partial charge in [-0.15, -0.1) is 0 Å². The number of phenolic OH excluding ortho intramolecular Hbond substituents is 1. The quantitative estimate of drug-likeness (QED) is 0.640. The number of hydrogen-bond acceptors (Lipinski definition) is 5. The van der Waals surface area contributed by atoms with Crippen LogP contribution in [0.3, 0.4) is 0 Å². The van der Waals surface area contributed by atoms with Crippen molar-refractivity contribution in [2.24, 2.45) is 11.8 Å². The number of pyridine rings is 1. The molecule has 1 amide bonds. The molecule has 2 atom stereocenters. The zero-order valence-corrected chi connectivity index (χ0v) is 17.7. The average molecular weight is 418 g/mol. The van der Waals surface area contributed by atoms with E-state index in [4.69, 9.17) is 4.74 Å². The molecule has 6 nitrogen and oxygen atoms in total. The van der Waals surface area contributed by atoms with Gasteiger partial charge in [-0.2, -0.15) is 0 Å². The largest absolute Gasteiger partial charge is 0.508 e. The van der Waals surface area contributed by atoms with Crippen molar-refractivity contribution in [3.63, 3.8) is 0 Å². The van der Waals surface area contributed by atoms with Gasteiger partial charge in [0.05, 0.1) is 16.8 Å². The Hall–Kier alpha value is -3.41. The number of nitrogens with zero attached hydrogens (tertiary/aromatic N) is 2. The topological polar surface area (TPSA) is 79.7 Å². The highest BCUT2D eigenvalue weighted by molar-refractivity contribution is 6.05. The van der Waals surface area contributed by atoms with Crippen LogP contribution in [0.1, 0.15) is 30.6 Å². The van der Waals surface area contributed by atoms with Crippen LogP contribution in [0.4, 0.5) is 0 Å². The van der Waals surface area contributed by atoms with Crippen LogP contribution in [0.5, 0.6) is 5.75 Å². The van der Waals surface area contributed by atoms with Crippen molar-refractivity contribution in [3.8, 4) is 17.0 Å². The second-order valence-corrected chi connectivity index (χ2v) is 8.44. The van der Waals surface area contributed by atoms with Gasteiger partial charge in [0.1, 0.15) is 5.75 Å². The summed E-state index contributed by atoms with van der Waals surface area (Å²) in [6.45, 7) is 5.39. The van der Waals surface area contributed by atoms with E-state index in [1.165, 1.54) is 0 Å². The lowest BCUT2D eigenvalue weighted by atomic mass is 9.92. The van der Waals surface area contributed by atoms with E-state index in [0.29, 0.717) is 47.1 Å². The van der Waals surface area contributed by atoms with Gasteiger partial charge < -0.3 is 14.7 Å². The van der Waals surface area contributed by atoms with Gasteiger partial charge in [-0.1, -0.05) is 32.0 Å². The second kappa shape index (κ2) is 8.76. The number of hydrogen-bond donors (Lipinski definition) is 1. The van der Waals surface area contributed by atoms with Crippen molar-refractivity contribution < 1.29 is 19.4 Å². The van der Waals surface area contributed by atoms with Crippen LogP contribution in [0.15, 0.2) is 54.6 Å². The normalized spacial score (nSPS) is 18.7. The number of fused-ring (bicyclic) bond motifs is 1. The minimum absolute atomic E-state index is 0.157. The maximum Gasteiger partial charge on any atom is 0.339 e. The Labute approximate surface area is 181 Å². The van der Waals surface area contributed by atoms with Crippen LogP contribution < -0.4 is 0 Å². The minimum atomic E-state index is -0.551. The minimum Gasteiger partial charge on any atom is -0.508 e. The van der Waals surface area contributed by atoms with Crippen molar-refractivity contribution in [1.82, 2.24) is 9.88 Å². The fraction of sp³-hybridized carbons (Fsp3) is 0.320. The fourth-order valence-electron chi connectivity index (χ4n) is 4.29. The summed E-state index contributed by atoms with van der Waals surface area (Å²) in [7, 11) is 0. The number of aromatic nitrogens is 1. The SMILES string of the molecule is C[C@H]1C[C@H](C)CN(C(=O)COC(=O)c2cc(-c3ccc(O)cc3)nc3ccccc23)C1. The molecule has 0 aliphatic carbocycles. The second-order valence-electron chi connectivity index (χ2n) is 8.44. The number of carbonyl (C=O) groups is 2. The van der Waals surface area contributed by atoms with Crippen LogP contribution in [0.2, 0.25) is 0 Å². The first-order chi connectivity index (χ1) is 14.9. The first-order valence-corrected chi connectivity index (χ1v) is 10.5. The molecular formula is C25H26N2O4. The van der Waals surface area contributed by atoms with Crippen molar-refractivity contribution in [1.29, 1.82) is 0 Å². The Bertz CT molecular complexity index is 1100. The highest BCUT2D eigenvalue weighted by Gasteiger charge is 2.26. The lowest BCUT2D eigenvalue weighted by molar-refractivity contribution is -0.137. The first-order valence-electron chi connectivity index (χ1n) is 10.5. The van der Waals surface area contributed by atoms with E-state index < -0.39 is 5.97 Å². The van der Waals surface area contributed by atoms with Gasteiger partial charge in [0.15, 0.2) is 6.61 Å². The number of rotatable bonds is 4. The van der Waals surface area contributed by atoms with E-state index in [9.17, 15) is 14.7 Å². The molecule has 0 radical (unpaired) electrons. The summed E-state index contributed by atoms with van der Waals surface area (Å²) < 4.78 is 5.43. The van der Waals surface area contributed by atoms with Gasteiger partial charge >= 0.3 is 5.97 Å². The molecule has 2 heterocycles. The summed E-state index contributed by atoms with van der Waals surface area (Å²) in [6, 6.07) is 15.6. The molecular weight excluding hydrogens is 392 g/mol. The van der Waals surface area contributed by atoms with Gasteiger partial charge in [0.25, 0.3) is 5.91 Å². The summed E-state index contributed by atoms with van der Waals surface area (Å²) in [5.74, 6) is 0.332. The predicted molar refractivity (Wildman–Crippen MR) is 119 cm³/mol. The predicted octanol–water partition coefficient (Wildman–Crippen LogP) is 4.27. The molecule has 160 valence electrons. The van der Waals surface area contributed by atoms with Crippen molar-refractivity contribution in [3.05, 3.63) is 60.2 Å². The number of amides is 1. The standard InChI is InChI=1S/C25H26N2O4/c1-16-11-17(2)14-27(13-16)24(29)15-31-25(30)21-12-23(18-7-9-19(28)10-8-18)26-22-6-4-3-5-20(21)22/h3-10,12,16-17,28H,11,13-15H2,1-2H3/t16-,17-/m0/s1. The number of para-hydroxylation sites is 1. The van der Waals surface area contributed by atoms with Gasteiger partial charge in [0.2, 0.25) is 0 Å². The van der Waals surface area contributed by atoms with Gasteiger partial charge in [-0.3, -0.25) is 4.79 Å². The number of esters is 1. The van der Waals surface area contributed by atoms with Crippen molar-refractivity contribution in [2.45, 2.75) is 20.3 Å². The van der Waals surface area contributed by atoms with E-state index in [0.717, 1.165) is 12.0 Å². The number of ether oxygens (including phenoxy) is 1. The lowest BCUT2D eigenvalue weighted by Crippen LogP contribution is -2.44. The maximum absolute atomic E-state index is 13.0. The summed E-state index contributed by atoms with van der Waals surface area (Å²) in [5.41, 5.74) is 2.38. The van der Waals surface area contributed by atoms with Crippen LogP contribution in [-0.2, 0) is 9.53 Å². The Morgan fingerprint density at radius 2 is 1.74 bits per heavy atom. The zero-order valence-electron chi connectivity index (χ0n) is 17.7. The Morgan fingerprint density at radius 3 is 2.45 bits per heavy atom. The maximum atomic E-state index is 13.0. The third-order valence-corrected chi connectivity index (χ3v) is 5.65. The molecule has 0 spiro atoms. The van der Waals surface area contributed by atoms with Crippen LogP contribution >= 0.6 is 0 Å². The van der Waals surface area contributed by atoms with E-state index in [2.05, 4.69) is 18.8 Å². The van der Waals surface area contributed by atoms with Crippen LogP contribution in [0.25, 0.3) is 22.2 Å². The smallest absolute Gasteiger partial charge is 0.339 e. The number of phenols is 1. The number of carbonyl (C=O) groups excluding carboxylic acids is 2. The summed E-state index contributed by atoms with van der Waals surface area (Å²) in [4.78, 5) is 32.0. The highest BCUT2D eigenvalue weighted by Crippen LogP contribution is 2.27. The van der Waals surface area contributed by atoms with Gasteiger partial charge in [-0.05, 0) is 54.7 Å². The Kier molecular flexibility index (Phi) is 5.89. The lowest BCUT2D eigenvalue weighted by Gasteiger charge is -2.34. The number of piperidine rings is 1. The third-order valence-electron chi connectivity index (χ3n) is 5.65. The monoisotopic (exact) mass is 418 g/mol. The first kappa shape index (κ1) is 20.8. The van der Waals surface area contributed by atoms with Crippen molar-refractivity contribution >= 4 is 22.8 Å². The van der Waals surface area contributed by atoms with E-state index in [1.807, 2.05) is 24.3 Å². The number of benzene rings is 2. The average Bonchev–Trinajstić information content (AvgIpc) is 2.76. The van der Waals surface area contributed by atoms with Crippen LogP contribution in [-0.4, -0.2) is 46.6 Å². The Morgan fingerprint density at radius 1 is 1.06 bits per heavy atom. The molecule has 1 N–H and O–H groups in total. The molecule has 1 aliphatic rings. The summed E-state index contributed by atoms with van der Waals surface area (Å²) in [5, 5.41) is 10.2. The molecule has 4 rings (SSSR count). The highest BCUT2D eigenvalue weighted by atomic mass is 16.5. The number of aromatic hydroxyl groups is 1. The summed E-state index contributed by atoms with van der Waals surface area (Å²) >= 11 is 0. The number of likely N-dealkylation sites (tertiary alicyclic amines) is 1. The molecule has 31 heavy (non-hydrogen) atoms. The van der Waals surface area contributed by atoms with Gasteiger partial charge in [0, 0.05) is 24.0 Å². The molecule has 1 fully saturated rings. The molecule has 1 aliphatic heterocycles. The fourth-order valence-corrected chi connectivity index (χ4v) is 4.29. The molecule has 0 unspecified atom stereocenters. The molecule has 3 aromatic rings. The molecule has 2 aromatic carbocycles. The molecule has 0 bridgehead atoms. The van der Waals surface area contributed by atoms with Crippen LogP contribution in [0, 0.1) is 11.8 Å². The van der Waals surface area contributed by atoms with E-state index in [1.54, 1.807) is 35.2 Å². The van der Waals surface area contributed by atoms with E-state index >= 15 is 0 Å². The molecule has 6 heteroatoms. The molecule has 1 saturated heterocycles. The molecule has 0 saturated carbocycles. The van der Waals surface area contributed by atoms with E-state index in [-0.39, 0.29) is 18.3 Å². The Balaban J connectivity index is 1.57.